The quantitative estimate of drug-likeness (QED) is 0.673. The average molecular weight is 421 g/mol. The second kappa shape index (κ2) is 7.72. The van der Waals surface area contributed by atoms with E-state index in [1.54, 1.807) is 20.2 Å². The molecular weight excluding hydrogens is 394 g/mol. The summed E-state index contributed by atoms with van der Waals surface area (Å²) in [6.45, 7) is 5.84. The molecular formula is C24H27N3O4. The number of aromatic nitrogens is 2. The molecule has 1 unspecified atom stereocenters. The van der Waals surface area contributed by atoms with Gasteiger partial charge in [0.05, 0.1) is 12.7 Å². The molecule has 31 heavy (non-hydrogen) atoms. The summed E-state index contributed by atoms with van der Waals surface area (Å²) in [7, 11) is 3.47. The lowest BCUT2D eigenvalue weighted by atomic mass is 9.76. The summed E-state index contributed by atoms with van der Waals surface area (Å²) in [5.74, 6) is 1.78. The summed E-state index contributed by atoms with van der Waals surface area (Å²) >= 11 is 0. The topological polar surface area (TPSA) is 86.4 Å². The molecule has 7 nitrogen and oxygen atoms in total. The fraction of sp³-hybridized carbons (Fsp3) is 0.375. The van der Waals surface area contributed by atoms with E-state index < -0.39 is 6.04 Å². The maximum Gasteiger partial charge on any atom is 0.288 e. The van der Waals surface area contributed by atoms with Crippen LogP contribution in [0.15, 0.2) is 41.1 Å². The van der Waals surface area contributed by atoms with Crippen LogP contribution >= 0.6 is 0 Å². The number of ether oxygens (including phenoxy) is 1. The molecule has 162 valence electrons. The number of amides is 1. The number of rotatable bonds is 5. The molecule has 4 rings (SSSR count). The number of aryl methyl sites for hydroxylation is 1. The highest BCUT2D eigenvalue weighted by molar-refractivity contribution is 6.03. The van der Waals surface area contributed by atoms with Crippen LogP contribution in [0.3, 0.4) is 0 Å². The first-order valence-electron chi connectivity index (χ1n) is 10.3. The van der Waals surface area contributed by atoms with Crippen molar-refractivity contribution in [2.24, 2.45) is 12.5 Å². The Morgan fingerprint density at radius 2 is 2.10 bits per heavy atom. The number of furan rings is 1. The number of Topliss-reactive ketones (excluding diaryl/α,β-unsaturated/α-hetero) is 1. The van der Waals surface area contributed by atoms with Gasteiger partial charge in [-0.15, -0.1) is 0 Å². The fourth-order valence-electron chi connectivity index (χ4n) is 4.27. The zero-order valence-corrected chi connectivity index (χ0v) is 18.5. The van der Waals surface area contributed by atoms with Crippen LogP contribution in [0.4, 0.5) is 0 Å². The maximum absolute atomic E-state index is 13.3. The Morgan fingerprint density at radius 3 is 2.77 bits per heavy atom. The van der Waals surface area contributed by atoms with E-state index in [2.05, 4.69) is 10.3 Å². The van der Waals surface area contributed by atoms with Crippen LogP contribution in [0.25, 0.3) is 0 Å². The number of ketones is 1. The second-order valence-corrected chi connectivity index (χ2v) is 8.87. The normalized spacial score (nSPS) is 16.0. The van der Waals surface area contributed by atoms with Gasteiger partial charge >= 0.3 is 0 Å². The number of benzene rings is 1. The maximum atomic E-state index is 13.3. The lowest BCUT2D eigenvalue weighted by Crippen LogP contribution is -2.31. The van der Waals surface area contributed by atoms with Crippen molar-refractivity contribution in [3.63, 3.8) is 0 Å². The van der Waals surface area contributed by atoms with Gasteiger partial charge < -0.3 is 19.0 Å². The van der Waals surface area contributed by atoms with Gasteiger partial charge in [-0.2, -0.15) is 0 Å². The molecule has 2 heterocycles. The molecule has 1 atom stereocenters. The molecule has 0 spiro atoms. The summed E-state index contributed by atoms with van der Waals surface area (Å²) in [5.41, 5.74) is 1.79. The van der Waals surface area contributed by atoms with E-state index in [0.29, 0.717) is 41.3 Å². The van der Waals surface area contributed by atoms with E-state index in [-0.39, 0.29) is 22.9 Å². The Bertz CT molecular complexity index is 1160. The summed E-state index contributed by atoms with van der Waals surface area (Å²) in [6, 6.07) is 6.98. The van der Waals surface area contributed by atoms with Crippen LogP contribution in [0.5, 0.6) is 5.75 Å². The molecule has 1 aliphatic carbocycles. The van der Waals surface area contributed by atoms with E-state index in [1.165, 1.54) is 0 Å². The number of hydrogen-bond acceptors (Lipinski definition) is 5. The molecule has 1 N–H and O–H groups in total. The SMILES string of the molecule is COc1cccc(C(NC(=O)c2oc3c(c2C)C(=O)CC(C)(C)C3)c2nccn2C)c1. The van der Waals surface area contributed by atoms with Crippen LogP contribution in [0, 0.1) is 12.3 Å². The summed E-state index contributed by atoms with van der Waals surface area (Å²) < 4.78 is 13.2. The lowest BCUT2D eigenvalue weighted by molar-refractivity contribution is 0.0884. The van der Waals surface area contributed by atoms with Crippen molar-refractivity contribution in [2.45, 2.75) is 39.7 Å². The first-order chi connectivity index (χ1) is 14.7. The lowest BCUT2D eigenvalue weighted by Gasteiger charge is -2.27. The number of methoxy groups -OCH3 is 1. The largest absolute Gasteiger partial charge is 0.497 e. The minimum Gasteiger partial charge on any atom is -0.497 e. The molecule has 0 radical (unpaired) electrons. The number of carbonyl (C=O) groups excluding carboxylic acids is 2. The van der Waals surface area contributed by atoms with Crippen molar-refractivity contribution < 1.29 is 18.7 Å². The van der Waals surface area contributed by atoms with Gasteiger partial charge in [0.15, 0.2) is 11.5 Å². The molecule has 2 aromatic heterocycles. The third kappa shape index (κ3) is 3.87. The molecule has 1 aromatic carbocycles. The van der Waals surface area contributed by atoms with Gasteiger partial charge in [-0.3, -0.25) is 9.59 Å². The second-order valence-electron chi connectivity index (χ2n) is 8.87. The highest BCUT2D eigenvalue weighted by Crippen LogP contribution is 2.38. The summed E-state index contributed by atoms with van der Waals surface area (Å²) in [4.78, 5) is 30.4. The van der Waals surface area contributed by atoms with Crippen molar-refractivity contribution in [3.8, 4) is 5.75 Å². The van der Waals surface area contributed by atoms with Crippen LogP contribution in [-0.2, 0) is 13.5 Å². The molecule has 1 aliphatic rings. The van der Waals surface area contributed by atoms with E-state index in [9.17, 15) is 9.59 Å². The molecule has 0 fully saturated rings. The Hall–Kier alpha value is -3.35. The van der Waals surface area contributed by atoms with Crippen LogP contribution in [0.1, 0.15) is 69.9 Å². The van der Waals surface area contributed by atoms with Crippen molar-refractivity contribution in [1.82, 2.24) is 14.9 Å². The van der Waals surface area contributed by atoms with E-state index >= 15 is 0 Å². The Morgan fingerprint density at radius 1 is 1.32 bits per heavy atom. The molecule has 1 amide bonds. The van der Waals surface area contributed by atoms with Crippen molar-refractivity contribution in [2.75, 3.05) is 7.11 Å². The van der Waals surface area contributed by atoms with Crippen LogP contribution < -0.4 is 10.1 Å². The van der Waals surface area contributed by atoms with Crippen LogP contribution in [0.2, 0.25) is 0 Å². The predicted octanol–water partition coefficient (Wildman–Crippen LogP) is 4.00. The highest BCUT2D eigenvalue weighted by atomic mass is 16.5. The Kier molecular flexibility index (Phi) is 5.21. The predicted molar refractivity (Wildman–Crippen MR) is 115 cm³/mol. The van der Waals surface area contributed by atoms with E-state index in [0.717, 1.165) is 5.56 Å². The minimum absolute atomic E-state index is 0.0278. The first-order valence-corrected chi connectivity index (χ1v) is 10.3. The molecule has 0 aliphatic heterocycles. The average Bonchev–Trinajstić information content (AvgIpc) is 3.28. The highest BCUT2D eigenvalue weighted by Gasteiger charge is 2.37. The van der Waals surface area contributed by atoms with Crippen molar-refractivity contribution >= 4 is 11.7 Å². The molecule has 0 saturated heterocycles. The monoisotopic (exact) mass is 421 g/mol. The van der Waals surface area contributed by atoms with E-state index in [1.807, 2.05) is 55.9 Å². The Labute approximate surface area is 181 Å². The smallest absolute Gasteiger partial charge is 0.288 e. The van der Waals surface area contributed by atoms with Crippen molar-refractivity contribution in [3.05, 3.63) is 70.7 Å². The zero-order valence-electron chi connectivity index (χ0n) is 18.5. The van der Waals surface area contributed by atoms with Gasteiger partial charge in [-0.05, 0) is 30.0 Å². The standard InChI is InChI=1S/C24H27N3O4/c1-14-19-17(28)12-24(2,3)13-18(19)31-21(14)23(29)26-20(22-25-9-10-27(22)4)15-7-6-8-16(11-15)30-5/h6-11,20H,12-13H2,1-5H3,(H,26,29). The third-order valence-electron chi connectivity index (χ3n) is 5.80. The van der Waals surface area contributed by atoms with Gasteiger partial charge in [0.2, 0.25) is 0 Å². The van der Waals surface area contributed by atoms with Gasteiger partial charge in [0, 0.05) is 37.8 Å². The summed E-state index contributed by atoms with van der Waals surface area (Å²) in [5, 5.41) is 3.05. The van der Waals surface area contributed by atoms with Gasteiger partial charge in [0.25, 0.3) is 5.91 Å². The van der Waals surface area contributed by atoms with Gasteiger partial charge in [-0.1, -0.05) is 26.0 Å². The Balaban J connectivity index is 1.71. The van der Waals surface area contributed by atoms with Gasteiger partial charge in [-0.25, -0.2) is 4.98 Å². The van der Waals surface area contributed by atoms with E-state index in [4.69, 9.17) is 9.15 Å². The number of fused-ring (bicyclic) bond motifs is 1. The number of hydrogen-bond donors (Lipinski definition) is 1. The third-order valence-corrected chi connectivity index (χ3v) is 5.80. The minimum atomic E-state index is -0.517. The number of imidazole rings is 1. The van der Waals surface area contributed by atoms with Crippen molar-refractivity contribution in [1.29, 1.82) is 0 Å². The number of carbonyl (C=O) groups is 2. The van der Waals surface area contributed by atoms with Gasteiger partial charge in [0.1, 0.15) is 23.4 Å². The molecule has 0 saturated carbocycles. The molecule has 3 aromatic rings. The molecule has 0 bridgehead atoms. The number of nitrogens with zero attached hydrogens (tertiary/aromatic N) is 2. The molecule has 7 heteroatoms. The number of nitrogens with one attached hydrogen (secondary N) is 1. The fourth-order valence-corrected chi connectivity index (χ4v) is 4.27. The summed E-state index contributed by atoms with van der Waals surface area (Å²) in [6.07, 6.45) is 4.58. The zero-order chi connectivity index (χ0) is 22.3. The van der Waals surface area contributed by atoms with Crippen LogP contribution in [-0.4, -0.2) is 28.4 Å². The first kappa shape index (κ1) is 20.9.